The molecule has 4 nitrogen and oxygen atoms in total. The normalized spacial score (nSPS) is 19.9. The van der Waals surface area contributed by atoms with Gasteiger partial charge in [0.25, 0.3) is 0 Å². The van der Waals surface area contributed by atoms with Crippen LogP contribution in [-0.4, -0.2) is 17.2 Å². The highest BCUT2D eigenvalue weighted by molar-refractivity contribution is 5.74. The van der Waals surface area contributed by atoms with Crippen molar-refractivity contribution in [2.75, 3.05) is 6.54 Å². The Hall–Kier alpha value is -1.55. The molecule has 0 amide bonds. The monoisotopic (exact) mass is 274 g/mol. The molecule has 0 spiro atoms. The Bertz CT molecular complexity index is 648. The molecule has 0 radical (unpaired) electrons. The third kappa shape index (κ3) is 2.52. The number of oxazole rings is 1. The van der Waals surface area contributed by atoms with Crippen LogP contribution in [0.3, 0.4) is 0 Å². The first kappa shape index (κ1) is 13.4. The average molecular weight is 274 g/mol. The Labute approximate surface area is 118 Å². The lowest BCUT2D eigenvalue weighted by Gasteiger charge is -2.23. The second kappa shape index (κ2) is 5.44. The molecule has 1 unspecified atom stereocenters. The first-order chi connectivity index (χ1) is 9.65. The maximum absolute atomic E-state index is 11.9. The fourth-order valence-electron chi connectivity index (χ4n) is 3.08. The molecule has 1 saturated heterocycles. The summed E-state index contributed by atoms with van der Waals surface area (Å²) in [5, 5.41) is 3.55. The molecule has 1 N–H and O–H groups in total. The van der Waals surface area contributed by atoms with Gasteiger partial charge in [0.05, 0.1) is 5.52 Å². The van der Waals surface area contributed by atoms with Gasteiger partial charge < -0.3 is 9.73 Å². The topological polar surface area (TPSA) is 47.2 Å². The molecule has 3 rings (SSSR count). The molecule has 1 aliphatic heterocycles. The summed E-state index contributed by atoms with van der Waals surface area (Å²) in [6.45, 7) is 5.11. The van der Waals surface area contributed by atoms with E-state index in [0.717, 1.165) is 18.5 Å². The van der Waals surface area contributed by atoms with Gasteiger partial charge in [-0.3, -0.25) is 4.57 Å². The SMILES string of the molecule is CC(C)n1c(=O)oc2cc(CC3CCCCN3)ccc21. The zero-order valence-electron chi connectivity index (χ0n) is 12.2. The summed E-state index contributed by atoms with van der Waals surface area (Å²) in [5.41, 5.74) is 2.84. The van der Waals surface area contributed by atoms with Crippen LogP contribution in [0.5, 0.6) is 0 Å². The minimum Gasteiger partial charge on any atom is -0.408 e. The van der Waals surface area contributed by atoms with E-state index in [2.05, 4.69) is 11.4 Å². The smallest absolute Gasteiger partial charge is 0.408 e. The molecule has 1 aliphatic rings. The minimum absolute atomic E-state index is 0.120. The van der Waals surface area contributed by atoms with Crippen molar-refractivity contribution < 1.29 is 4.42 Å². The zero-order chi connectivity index (χ0) is 14.1. The Balaban J connectivity index is 1.89. The summed E-state index contributed by atoms with van der Waals surface area (Å²) in [5.74, 6) is -0.261. The van der Waals surface area contributed by atoms with Crippen LogP contribution in [0.2, 0.25) is 0 Å². The standard InChI is InChI=1S/C16H22N2O2/c1-11(2)18-14-7-6-12(10-15(14)20-16(18)19)9-13-5-3-4-8-17-13/h6-7,10-11,13,17H,3-5,8-9H2,1-2H3. The van der Waals surface area contributed by atoms with E-state index in [9.17, 15) is 4.79 Å². The predicted octanol–water partition coefficient (Wildman–Crippen LogP) is 2.86. The maximum Gasteiger partial charge on any atom is 0.420 e. The van der Waals surface area contributed by atoms with Crippen molar-refractivity contribution in [3.63, 3.8) is 0 Å². The van der Waals surface area contributed by atoms with E-state index in [0.29, 0.717) is 11.6 Å². The van der Waals surface area contributed by atoms with Crippen LogP contribution in [-0.2, 0) is 6.42 Å². The lowest BCUT2D eigenvalue weighted by molar-refractivity contribution is 0.399. The molecule has 1 atom stereocenters. The fourth-order valence-corrected chi connectivity index (χ4v) is 3.08. The molecule has 0 bridgehead atoms. The molecule has 20 heavy (non-hydrogen) atoms. The highest BCUT2D eigenvalue weighted by Crippen LogP contribution is 2.20. The molecular formula is C16H22N2O2. The fraction of sp³-hybridized carbons (Fsp3) is 0.562. The largest absolute Gasteiger partial charge is 0.420 e. The minimum atomic E-state index is -0.261. The van der Waals surface area contributed by atoms with E-state index in [1.807, 2.05) is 26.0 Å². The van der Waals surface area contributed by atoms with Crippen molar-refractivity contribution in [3.05, 3.63) is 34.3 Å². The van der Waals surface area contributed by atoms with Gasteiger partial charge in [0.1, 0.15) is 0 Å². The number of fused-ring (bicyclic) bond motifs is 1. The van der Waals surface area contributed by atoms with Gasteiger partial charge in [-0.25, -0.2) is 4.79 Å². The van der Waals surface area contributed by atoms with E-state index in [1.165, 1.54) is 24.8 Å². The summed E-state index contributed by atoms with van der Waals surface area (Å²) in [7, 11) is 0. The van der Waals surface area contributed by atoms with Crippen molar-refractivity contribution in [1.29, 1.82) is 0 Å². The summed E-state index contributed by atoms with van der Waals surface area (Å²) in [6, 6.07) is 6.83. The zero-order valence-corrected chi connectivity index (χ0v) is 12.2. The van der Waals surface area contributed by atoms with E-state index in [1.54, 1.807) is 4.57 Å². The van der Waals surface area contributed by atoms with Crippen LogP contribution in [0, 0.1) is 0 Å². The van der Waals surface area contributed by atoms with Crippen LogP contribution in [0.1, 0.15) is 44.7 Å². The Kier molecular flexibility index (Phi) is 3.66. The van der Waals surface area contributed by atoms with Gasteiger partial charge in [0, 0.05) is 12.1 Å². The van der Waals surface area contributed by atoms with Gasteiger partial charge in [0.2, 0.25) is 0 Å². The van der Waals surface area contributed by atoms with E-state index >= 15 is 0 Å². The third-order valence-corrected chi connectivity index (χ3v) is 4.09. The lowest BCUT2D eigenvalue weighted by atomic mass is 9.98. The van der Waals surface area contributed by atoms with Crippen LogP contribution in [0.15, 0.2) is 27.4 Å². The second-order valence-corrected chi connectivity index (χ2v) is 5.98. The number of piperidine rings is 1. The predicted molar refractivity (Wildman–Crippen MR) is 80.2 cm³/mol. The average Bonchev–Trinajstić information content (AvgIpc) is 2.75. The lowest BCUT2D eigenvalue weighted by Crippen LogP contribution is -2.35. The third-order valence-electron chi connectivity index (χ3n) is 4.09. The first-order valence-electron chi connectivity index (χ1n) is 7.52. The molecule has 0 saturated carbocycles. The first-order valence-corrected chi connectivity index (χ1v) is 7.52. The Morgan fingerprint density at radius 1 is 1.40 bits per heavy atom. The van der Waals surface area contributed by atoms with Crippen molar-refractivity contribution in [2.45, 2.75) is 51.6 Å². The van der Waals surface area contributed by atoms with Gasteiger partial charge in [-0.1, -0.05) is 12.5 Å². The summed E-state index contributed by atoms with van der Waals surface area (Å²) in [4.78, 5) is 11.9. The van der Waals surface area contributed by atoms with E-state index in [-0.39, 0.29) is 11.8 Å². The van der Waals surface area contributed by atoms with Crippen LogP contribution >= 0.6 is 0 Å². The maximum atomic E-state index is 11.9. The van der Waals surface area contributed by atoms with Gasteiger partial charge in [-0.05, 0) is 57.4 Å². The molecule has 1 fully saturated rings. The molecular weight excluding hydrogens is 252 g/mol. The van der Waals surface area contributed by atoms with Gasteiger partial charge in [-0.15, -0.1) is 0 Å². The number of rotatable bonds is 3. The molecule has 108 valence electrons. The Morgan fingerprint density at radius 2 is 2.25 bits per heavy atom. The van der Waals surface area contributed by atoms with E-state index < -0.39 is 0 Å². The summed E-state index contributed by atoms with van der Waals surface area (Å²) < 4.78 is 7.08. The Morgan fingerprint density at radius 3 is 2.95 bits per heavy atom. The molecule has 1 aromatic heterocycles. The summed E-state index contributed by atoms with van der Waals surface area (Å²) >= 11 is 0. The van der Waals surface area contributed by atoms with Gasteiger partial charge in [0.15, 0.2) is 5.58 Å². The molecule has 4 heteroatoms. The molecule has 2 aromatic rings. The quantitative estimate of drug-likeness (QED) is 0.936. The van der Waals surface area contributed by atoms with Crippen molar-refractivity contribution >= 4 is 11.1 Å². The number of benzene rings is 1. The highest BCUT2D eigenvalue weighted by atomic mass is 16.4. The number of aromatic nitrogens is 1. The van der Waals surface area contributed by atoms with Gasteiger partial charge >= 0.3 is 5.76 Å². The van der Waals surface area contributed by atoms with Crippen molar-refractivity contribution in [1.82, 2.24) is 9.88 Å². The van der Waals surface area contributed by atoms with Crippen LogP contribution in [0.25, 0.3) is 11.1 Å². The van der Waals surface area contributed by atoms with E-state index in [4.69, 9.17) is 4.42 Å². The van der Waals surface area contributed by atoms with Gasteiger partial charge in [-0.2, -0.15) is 0 Å². The van der Waals surface area contributed by atoms with Crippen LogP contribution in [0.4, 0.5) is 0 Å². The molecule has 0 aliphatic carbocycles. The second-order valence-electron chi connectivity index (χ2n) is 5.98. The molecule has 1 aromatic carbocycles. The molecule has 2 heterocycles. The van der Waals surface area contributed by atoms with Crippen LogP contribution < -0.4 is 11.1 Å². The van der Waals surface area contributed by atoms with Crippen molar-refractivity contribution in [3.8, 4) is 0 Å². The number of nitrogens with zero attached hydrogens (tertiary/aromatic N) is 1. The summed E-state index contributed by atoms with van der Waals surface area (Å²) in [6.07, 6.45) is 4.82. The van der Waals surface area contributed by atoms with Crippen molar-refractivity contribution in [2.24, 2.45) is 0 Å². The number of nitrogens with one attached hydrogen (secondary N) is 1. The number of hydrogen-bond donors (Lipinski definition) is 1. The number of hydrogen-bond acceptors (Lipinski definition) is 3. The highest BCUT2D eigenvalue weighted by Gasteiger charge is 2.15.